The fourth-order valence-corrected chi connectivity index (χ4v) is 4.61. The highest BCUT2D eigenvalue weighted by Gasteiger charge is 2.49. The second-order valence-corrected chi connectivity index (χ2v) is 7.71. The van der Waals surface area contributed by atoms with E-state index >= 15 is 0 Å². The second kappa shape index (κ2) is 6.21. The number of fused-ring (bicyclic) bond motifs is 4. The van der Waals surface area contributed by atoms with Crippen LogP contribution in [0.2, 0.25) is 0 Å². The maximum absolute atomic E-state index is 10.0. The molecule has 1 atom stereocenters. The lowest BCUT2D eigenvalue weighted by atomic mass is 9.82. The summed E-state index contributed by atoms with van der Waals surface area (Å²) in [5.41, 5.74) is 11.8. The summed E-state index contributed by atoms with van der Waals surface area (Å²) in [7, 11) is 0. The maximum Gasteiger partial charge on any atom is 0.210 e. The predicted octanol–water partition coefficient (Wildman–Crippen LogP) is 2.88. The van der Waals surface area contributed by atoms with Crippen LogP contribution in [0.4, 0.5) is 5.69 Å². The molecule has 0 saturated heterocycles. The number of thioether (sulfide) groups is 1. The zero-order chi connectivity index (χ0) is 19.3. The number of aromatic nitrogens is 3. The van der Waals surface area contributed by atoms with Crippen LogP contribution in [-0.2, 0) is 4.74 Å². The molecule has 0 radical (unpaired) electrons. The molecule has 8 nitrogen and oxygen atoms in total. The molecule has 1 aromatic carbocycles. The van der Waals surface area contributed by atoms with Gasteiger partial charge in [-0.15, -0.1) is 10.2 Å². The molecule has 0 saturated carbocycles. The van der Waals surface area contributed by atoms with Gasteiger partial charge in [-0.05, 0) is 37.7 Å². The predicted molar refractivity (Wildman–Crippen MR) is 106 cm³/mol. The van der Waals surface area contributed by atoms with Crippen molar-refractivity contribution in [3.05, 3.63) is 47.1 Å². The summed E-state index contributed by atoms with van der Waals surface area (Å²) in [6.45, 7) is 0. The summed E-state index contributed by atoms with van der Waals surface area (Å²) in [4.78, 5) is 0. The Morgan fingerprint density at radius 1 is 1.29 bits per heavy atom. The summed E-state index contributed by atoms with van der Waals surface area (Å²) in [5, 5.41) is 23.0. The number of rotatable bonds is 1. The van der Waals surface area contributed by atoms with Crippen LogP contribution in [0.5, 0.6) is 0 Å². The number of nitrogens with two attached hydrogens (primary N) is 1. The third kappa shape index (κ3) is 2.24. The molecule has 1 unspecified atom stereocenters. The fraction of sp³-hybridized carbons (Fsp3) is 0.316. The minimum atomic E-state index is -1.01. The van der Waals surface area contributed by atoms with Gasteiger partial charge in [0.05, 0.1) is 0 Å². The maximum atomic E-state index is 10.0. The first-order chi connectivity index (χ1) is 13.7. The third-order valence-electron chi connectivity index (χ3n) is 5.42. The number of nitrogens with zero attached hydrogens (tertiary/aromatic N) is 4. The molecule has 4 N–H and O–H groups in total. The molecule has 0 bridgehead atoms. The van der Waals surface area contributed by atoms with E-state index in [4.69, 9.17) is 10.5 Å². The average Bonchev–Trinajstić information content (AvgIpc) is 3.04. The van der Waals surface area contributed by atoms with Crippen LogP contribution in [0.25, 0.3) is 11.4 Å². The largest absolute Gasteiger partial charge is 0.445 e. The zero-order valence-corrected chi connectivity index (χ0v) is 16.1. The first kappa shape index (κ1) is 17.0. The van der Waals surface area contributed by atoms with Gasteiger partial charge in [0.15, 0.2) is 11.5 Å². The van der Waals surface area contributed by atoms with Crippen LogP contribution in [0.1, 0.15) is 25.7 Å². The van der Waals surface area contributed by atoms with Crippen molar-refractivity contribution in [2.45, 2.75) is 36.5 Å². The van der Waals surface area contributed by atoms with Crippen molar-refractivity contribution >= 4 is 17.4 Å². The SMILES string of the molecule is CSc1nnc2n1NC1(Nc3ccccc3-2)C(C#N)=C(N)OC2=C1CCCC2. The number of nitrogens with one attached hydrogen (secondary N) is 2. The highest BCUT2D eigenvalue weighted by atomic mass is 32.2. The van der Waals surface area contributed by atoms with Crippen molar-refractivity contribution in [2.24, 2.45) is 5.73 Å². The van der Waals surface area contributed by atoms with Gasteiger partial charge in [-0.2, -0.15) is 5.26 Å². The van der Waals surface area contributed by atoms with E-state index in [1.165, 1.54) is 11.8 Å². The number of ether oxygens (including phenoxy) is 1. The summed E-state index contributed by atoms with van der Waals surface area (Å²) in [6, 6.07) is 10.2. The molecule has 5 rings (SSSR count). The Morgan fingerprint density at radius 2 is 2.11 bits per heavy atom. The van der Waals surface area contributed by atoms with Crippen LogP contribution in [0.15, 0.2) is 52.2 Å². The molecule has 28 heavy (non-hydrogen) atoms. The smallest absolute Gasteiger partial charge is 0.210 e. The van der Waals surface area contributed by atoms with Crippen molar-refractivity contribution in [1.82, 2.24) is 14.9 Å². The highest BCUT2D eigenvalue weighted by Crippen LogP contribution is 2.46. The molecule has 0 amide bonds. The summed E-state index contributed by atoms with van der Waals surface area (Å²) < 4.78 is 7.71. The molecular formula is C19H19N7OS. The van der Waals surface area contributed by atoms with Crippen molar-refractivity contribution in [2.75, 3.05) is 17.0 Å². The number of hydrogen-bond acceptors (Lipinski definition) is 8. The van der Waals surface area contributed by atoms with E-state index < -0.39 is 5.66 Å². The van der Waals surface area contributed by atoms with E-state index in [2.05, 4.69) is 27.0 Å². The van der Waals surface area contributed by atoms with Gasteiger partial charge in [0.2, 0.25) is 11.0 Å². The van der Waals surface area contributed by atoms with Crippen LogP contribution >= 0.6 is 11.8 Å². The Kier molecular flexibility index (Phi) is 3.77. The van der Waals surface area contributed by atoms with E-state index in [1.807, 2.05) is 35.2 Å². The molecule has 1 aromatic heterocycles. The lowest BCUT2D eigenvalue weighted by molar-refractivity contribution is 0.241. The van der Waals surface area contributed by atoms with Gasteiger partial charge in [-0.25, -0.2) is 4.68 Å². The van der Waals surface area contributed by atoms with Gasteiger partial charge >= 0.3 is 0 Å². The summed E-state index contributed by atoms with van der Waals surface area (Å²) in [5.74, 6) is 1.65. The minimum Gasteiger partial charge on any atom is -0.445 e. The fourth-order valence-electron chi connectivity index (χ4n) is 4.17. The van der Waals surface area contributed by atoms with E-state index in [1.54, 1.807) is 0 Å². The van der Waals surface area contributed by atoms with Gasteiger partial charge in [0.25, 0.3) is 0 Å². The molecule has 0 fully saturated rings. The lowest BCUT2D eigenvalue weighted by Crippen LogP contribution is -2.55. The van der Waals surface area contributed by atoms with E-state index in [9.17, 15) is 5.26 Å². The number of allylic oxidation sites excluding steroid dienone is 1. The topological polar surface area (TPSA) is 114 Å². The molecular weight excluding hydrogens is 374 g/mol. The molecule has 142 valence electrons. The molecule has 2 aliphatic heterocycles. The van der Waals surface area contributed by atoms with Crippen LogP contribution < -0.4 is 16.5 Å². The third-order valence-corrected chi connectivity index (χ3v) is 6.05. The lowest BCUT2D eigenvalue weighted by Gasteiger charge is -2.43. The monoisotopic (exact) mass is 393 g/mol. The van der Waals surface area contributed by atoms with Crippen molar-refractivity contribution in [3.63, 3.8) is 0 Å². The van der Waals surface area contributed by atoms with Gasteiger partial charge < -0.3 is 15.8 Å². The Balaban J connectivity index is 1.82. The van der Waals surface area contributed by atoms with Crippen molar-refractivity contribution in [3.8, 4) is 17.5 Å². The highest BCUT2D eigenvalue weighted by molar-refractivity contribution is 7.98. The quantitative estimate of drug-likeness (QED) is 0.634. The molecule has 3 aliphatic rings. The van der Waals surface area contributed by atoms with E-state index in [0.29, 0.717) is 16.6 Å². The van der Waals surface area contributed by atoms with Crippen LogP contribution in [0.3, 0.4) is 0 Å². The molecule has 2 aromatic rings. The summed E-state index contributed by atoms with van der Waals surface area (Å²) in [6.07, 6.45) is 5.61. The number of anilines is 1. The summed E-state index contributed by atoms with van der Waals surface area (Å²) >= 11 is 1.48. The van der Waals surface area contributed by atoms with Crippen LogP contribution in [0, 0.1) is 11.3 Å². The zero-order valence-electron chi connectivity index (χ0n) is 15.3. The number of para-hydroxylation sites is 1. The van der Waals surface area contributed by atoms with Crippen molar-refractivity contribution in [1.29, 1.82) is 5.26 Å². The molecule has 9 heteroatoms. The number of hydrogen-bond donors (Lipinski definition) is 3. The second-order valence-electron chi connectivity index (χ2n) is 6.94. The van der Waals surface area contributed by atoms with Gasteiger partial charge in [-0.1, -0.05) is 23.9 Å². The number of nitriles is 1. The van der Waals surface area contributed by atoms with Crippen molar-refractivity contribution < 1.29 is 4.74 Å². The molecule has 1 aliphatic carbocycles. The molecule has 3 heterocycles. The van der Waals surface area contributed by atoms with Gasteiger partial charge in [-0.3, -0.25) is 5.43 Å². The molecule has 1 spiro atoms. The Hall–Kier alpha value is -3.12. The average molecular weight is 393 g/mol. The Labute approximate surface area is 166 Å². The Morgan fingerprint density at radius 3 is 2.93 bits per heavy atom. The van der Waals surface area contributed by atoms with Gasteiger partial charge in [0.1, 0.15) is 17.4 Å². The van der Waals surface area contributed by atoms with E-state index in [0.717, 1.165) is 48.3 Å². The van der Waals surface area contributed by atoms with Crippen LogP contribution in [-0.4, -0.2) is 26.8 Å². The van der Waals surface area contributed by atoms with Gasteiger partial charge in [0, 0.05) is 23.2 Å². The normalized spacial score (nSPS) is 22.9. The first-order valence-corrected chi connectivity index (χ1v) is 10.4. The Bertz CT molecular complexity index is 1080. The van der Waals surface area contributed by atoms with E-state index in [-0.39, 0.29) is 5.88 Å². The standard InChI is InChI=1S/C19H19N7OS/c1-28-18-24-23-17-11-6-2-4-8-14(11)22-19(25-26(17)18)12-7-3-5-9-15(12)27-16(21)13(19)10-20/h2,4,6,8,22,25H,3,5,7,9,21H2,1H3. The minimum absolute atomic E-state index is 0.128. The number of benzene rings is 1. The first-order valence-electron chi connectivity index (χ1n) is 9.14.